The Labute approximate surface area is 65.1 Å². The second kappa shape index (κ2) is 2.49. The molecule has 0 radical (unpaired) electrons. The van der Waals surface area contributed by atoms with Crippen LogP contribution in [0.2, 0.25) is 0 Å². The SMILES string of the molecule is O=Cc1nccn1C1CCC1. The summed E-state index contributed by atoms with van der Waals surface area (Å²) in [6, 6.07) is 0.540. The van der Waals surface area contributed by atoms with Gasteiger partial charge in [0.1, 0.15) is 0 Å². The molecule has 0 aliphatic heterocycles. The zero-order chi connectivity index (χ0) is 7.68. The number of nitrogens with zero attached hydrogens (tertiary/aromatic N) is 2. The highest BCUT2D eigenvalue weighted by Gasteiger charge is 2.20. The van der Waals surface area contributed by atoms with Gasteiger partial charge in [-0.2, -0.15) is 0 Å². The smallest absolute Gasteiger partial charge is 0.185 e. The molecule has 0 aromatic carbocycles. The third-order valence-electron chi connectivity index (χ3n) is 2.27. The number of hydrogen-bond acceptors (Lipinski definition) is 2. The lowest BCUT2D eigenvalue weighted by atomic mass is 9.93. The predicted octanol–water partition coefficient (Wildman–Crippen LogP) is 1.42. The molecule has 0 bridgehead atoms. The van der Waals surface area contributed by atoms with Gasteiger partial charge in [-0.3, -0.25) is 4.79 Å². The second-order valence-electron chi connectivity index (χ2n) is 2.90. The third kappa shape index (κ3) is 0.964. The number of carbonyl (C=O) groups excluding carboxylic acids is 1. The van der Waals surface area contributed by atoms with Crippen molar-refractivity contribution in [3.05, 3.63) is 18.2 Å². The van der Waals surface area contributed by atoms with E-state index in [-0.39, 0.29) is 0 Å². The molecular weight excluding hydrogens is 140 g/mol. The first-order valence-electron chi connectivity index (χ1n) is 3.90. The van der Waals surface area contributed by atoms with Crippen LogP contribution in [0.4, 0.5) is 0 Å². The normalized spacial score (nSPS) is 17.8. The van der Waals surface area contributed by atoms with Gasteiger partial charge in [-0.1, -0.05) is 0 Å². The minimum atomic E-state index is 0.540. The van der Waals surface area contributed by atoms with Crippen LogP contribution in [0.5, 0.6) is 0 Å². The third-order valence-corrected chi connectivity index (χ3v) is 2.27. The highest BCUT2D eigenvalue weighted by Crippen LogP contribution is 2.31. The largest absolute Gasteiger partial charge is 0.326 e. The molecule has 2 rings (SSSR count). The summed E-state index contributed by atoms with van der Waals surface area (Å²) >= 11 is 0. The van der Waals surface area contributed by atoms with E-state index in [9.17, 15) is 4.79 Å². The summed E-state index contributed by atoms with van der Waals surface area (Å²) in [6.07, 6.45) is 8.05. The van der Waals surface area contributed by atoms with Crippen molar-refractivity contribution in [3.8, 4) is 0 Å². The molecule has 0 atom stereocenters. The van der Waals surface area contributed by atoms with Crippen molar-refractivity contribution in [1.29, 1.82) is 0 Å². The molecule has 1 aliphatic carbocycles. The van der Waals surface area contributed by atoms with Gasteiger partial charge < -0.3 is 4.57 Å². The highest BCUT2D eigenvalue weighted by molar-refractivity contribution is 5.69. The molecule has 0 N–H and O–H groups in total. The molecule has 1 heterocycles. The van der Waals surface area contributed by atoms with Crippen LogP contribution in [0.25, 0.3) is 0 Å². The lowest BCUT2D eigenvalue weighted by molar-refractivity contribution is 0.110. The van der Waals surface area contributed by atoms with E-state index in [0.717, 1.165) is 6.29 Å². The van der Waals surface area contributed by atoms with Crippen molar-refractivity contribution in [1.82, 2.24) is 9.55 Å². The number of imidazole rings is 1. The summed E-state index contributed by atoms with van der Waals surface area (Å²) in [5.74, 6) is 0.565. The van der Waals surface area contributed by atoms with Gasteiger partial charge in [-0.25, -0.2) is 4.98 Å². The summed E-state index contributed by atoms with van der Waals surface area (Å²) in [5.41, 5.74) is 0. The quantitative estimate of drug-likeness (QED) is 0.597. The minimum Gasteiger partial charge on any atom is -0.326 e. The van der Waals surface area contributed by atoms with Gasteiger partial charge >= 0.3 is 0 Å². The molecule has 0 unspecified atom stereocenters. The number of aromatic nitrogens is 2. The van der Waals surface area contributed by atoms with Crippen LogP contribution < -0.4 is 0 Å². The van der Waals surface area contributed by atoms with Crippen molar-refractivity contribution in [3.63, 3.8) is 0 Å². The molecule has 11 heavy (non-hydrogen) atoms. The van der Waals surface area contributed by atoms with E-state index in [1.807, 2.05) is 10.8 Å². The Kier molecular flexibility index (Phi) is 1.49. The fourth-order valence-corrected chi connectivity index (χ4v) is 1.39. The molecule has 0 spiro atoms. The fraction of sp³-hybridized carbons (Fsp3) is 0.500. The van der Waals surface area contributed by atoms with Crippen molar-refractivity contribution in [2.75, 3.05) is 0 Å². The fourth-order valence-electron chi connectivity index (χ4n) is 1.39. The van der Waals surface area contributed by atoms with E-state index in [0.29, 0.717) is 11.9 Å². The number of carbonyl (C=O) groups is 1. The van der Waals surface area contributed by atoms with Crippen LogP contribution >= 0.6 is 0 Å². The molecule has 1 fully saturated rings. The van der Waals surface area contributed by atoms with Gasteiger partial charge in [0.15, 0.2) is 12.1 Å². The van der Waals surface area contributed by atoms with E-state index in [2.05, 4.69) is 4.98 Å². The van der Waals surface area contributed by atoms with Gasteiger partial charge in [0, 0.05) is 18.4 Å². The van der Waals surface area contributed by atoms with E-state index in [4.69, 9.17) is 0 Å². The molecule has 1 aromatic heterocycles. The molecule has 1 aliphatic rings. The van der Waals surface area contributed by atoms with Crippen LogP contribution in [0.1, 0.15) is 35.9 Å². The van der Waals surface area contributed by atoms with Crippen molar-refractivity contribution >= 4 is 6.29 Å². The van der Waals surface area contributed by atoms with Crippen molar-refractivity contribution in [2.45, 2.75) is 25.3 Å². The summed E-state index contributed by atoms with van der Waals surface area (Å²) in [7, 11) is 0. The molecular formula is C8H10N2O. The van der Waals surface area contributed by atoms with Gasteiger partial charge in [0.25, 0.3) is 0 Å². The Bertz CT molecular complexity index is 263. The minimum absolute atomic E-state index is 0.540. The average Bonchev–Trinajstić information content (AvgIpc) is 2.32. The molecule has 1 saturated carbocycles. The van der Waals surface area contributed by atoms with Crippen LogP contribution in [-0.2, 0) is 0 Å². The standard InChI is InChI=1S/C8H10N2O/c11-6-8-9-4-5-10(8)7-2-1-3-7/h4-7H,1-3H2. The Balaban J connectivity index is 2.27. The first kappa shape index (κ1) is 6.58. The maximum Gasteiger partial charge on any atom is 0.185 e. The Hall–Kier alpha value is -1.12. The molecule has 58 valence electrons. The van der Waals surface area contributed by atoms with Crippen LogP contribution in [0.15, 0.2) is 12.4 Å². The number of hydrogen-bond donors (Lipinski definition) is 0. The molecule has 0 amide bonds. The van der Waals surface area contributed by atoms with Gasteiger partial charge in [0.05, 0.1) is 0 Å². The zero-order valence-corrected chi connectivity index (χ0v) is 6.23. The van der Waals surface area contributed by atoms with E-state index >= 15 is 0 Å². The topological polar surface area (TPSA) is 34.9 Å². The summed E-state index contributed by atoms with van der Waals surface area (Å²) < 4.78 is 1.97. The Morgan fingerprint density at radius 2 is 2.45 bits per heavy atom. The van der Waals surface area contributed by atoms with Gasteiger partial charge in [-0.15, -0.1) is 0 Å². The van der Waals surface area contributed by atoms with E-state index in [1.54, 1.807) is 6.20 Å². The Morgan fingerprint density at radius 1 is 1.64 bits per heavy atom. The summed E-state index contributed by atoms with van der Waals surface area (Å²) in [6.45, 7) is 0. The van der Waals surface area contributed by atoms with Crippen molar-refractivity contribution < 1.29 is 4.79 Å². The van der Waals surface area contributed by atoms with Crippen LogP contribution in [0, 0.1) is 0 Å². The van der Waals surface area contributed by atoms with E-state index < -0.39 is 0 Å². The molecule has 3 heteroatoms. The highest BCUT2D eigenvalue weighted by atomic mass is 16.1. The second-order valence-corrected chi connectivity index (χ2v) is 2.90. The summed E-state index contributed by atoms with van der Waals surface area (Å²) in [4.78, 5) is 14.4. The lowest BCUT2D eigenvalue weighted by Gasteiger charge is -2.27. The van der Waals surface area contributed by atoms with E-state index in [1.165, 1.54) is 19.3 Å². The average molecular weight is 150 g/mol. The van der Waals surface area contributed by atoms with Gasteiger partial charge in [0.2, 0.25) is 0 Å². The number of rotatable bonds is 2. The molecule has 1 aromatic rings. The molecule has 3 nitrogen and oxygen atoms in total. The maximum absolute atomic E-state index is 10.4. The molecule has 0 saturated heterocycles. The van der Waals surface area contributed by atoms with Crippen LogP contribution in [-0.4, -0.2) is 15.8 Å². The van der Waals surface area contributed by atoms with Crippen molar-refractivity contribution in [2.24, 2.45) is 0 Å². The zero-order valence-electron chi connectivity index (χ0n) is 6.23. The lowest BCUT2D eigenvalue weighted by Crippen LogP contribution is -2.18. The first-order valence-corrected chi connectivity index (χ1v) is 3.90. The first-order chi connectivity index (χ1) is 5.42. The Morgan fingerprint density at radius 3 is 3.00 bits per heavy atom. The maximum atomic E-state index is 10.4. The monoisotopic (exact) mass is 150 g/mol. The number of aldehydes is 1. The van der Waals surface area contributed by atoms with Crippen LogP contribution in [0.3, 0.4) is 0 Å². The van der Waals surface area contributed by atoms with Gasteiger partial charge in [-0.05, 0) is 19.3 Å². The predicted molar refractivity (Wildman–Crippen MR) is 40.5 cm³/mol. The summed E-state index contributed by atoms with van der Waals surface area (Å²) in [5, 5.41) is 0.